The Bertz CT molecular complexity index is 1220. The molecule has 2 amide bonds. The lowest BCUT2D eigenvalue weighted by Gasteiger charge is -2.27. The Kier molecular flexibility index (Phi) is 8.47. The van der Waals surface area contributed by atoms with Crippen LogP contribution in [0.15, 0.2) is 71.8 Å². The molecule has 0 atom stereocenters. The van der Waals surface area contributed by atoms with E-state index in [1.165, 1.54) is 0 Å². The molecule has 180 valence electrons. The third kappa shape index (κ3) is 5.79. The average Bonchev–Trinajstić information content (AvgIpc) is 2.87. The average molecular weight is 473 g/mol. The van der Waals surface area contributed by atoms with Crippen LogP contribution in [0.25, 0.3) is 6.08 Å². The van der Waals surface area contributed by atoms with Gasteiger partial charge in [0.1, 0.15) is 24.0 Å². The van der Waals surface area contributed by atoms with E-state index in [0.717, 1.165) is 16.2 Å². The van der Waals surface area contributed by atoms with Gasteiger partial charge in [-0.05, 0) is 67.3 Å². The summed E-state index contributed by atoms with van der Waals surface area (Å²) >= 11 is 0. The molecule has 0 N–H and O–H groups in total. The molecule has 7 heteroatoms. The zero-order valence-corrected chi connectivity index (χ0v) is 20.2. The van der Waals surface area contributed by atoms with Crippen LogP contribution in [0.1, 0.15) is 25.0 Å². The summed E-state index contributed by atoms with van der Waals surface area (Å²) in [6.07, 6.45) is 3.76. The fourth-order valence-electron chi connectivity index (χ4n) is 3.68. The summed E-state index contributed by atoms with van der Waals surface area (Å²) in [5.74, 6) is 0.794. The fourth-order valence-corrected chi connectivity index (χ4v) is 3.68. The van der Waals surface area contributed by atoms with Gasteiger partial charge in [0, 0.05) is 12.1 Å². The molecule has 0 radical (unpaired) electrons. The van der Waals surface area contributed by atoms with E-state index >= 15 is 0 Å². The summed E-state index contributed by atoms with van der Waals surface area (Å²) in [6, 6.07) is 14.7. The fraction of sp³-hybridized carbons (Fsp3) is 0.250. The Morgan fingerprint density at radius 1 is 1.06 bits per heavy atom. The van der Waals surface area contributed by atoms with Crippen LogP contribution in [0.2, 0.25) is 0 Å². The van der Waals surface area contributed by atoms with Gasteiger partial charge >= 0.3 is 0 Å². The topological polar surface area (TPSA) is 88.9 Å². The lowest BCUT2D eigenvalue weighted by atomic mass is 9.93. The number of hydrogen-bond donors (Lipinski definition) is 0. The number of methoxy groups -OCH3 is 1. The zero-order chi connectivity index (χ0) is 25.4. The molecule has 35 heavy (non-hydrogen) atoms. The van der Waals surface area contributed by atoms with Gasteiger partial charge in [-0.3, -0.25) is 14.5 Å². The molecule has 0 aliphatic carbocycles. The second kappa shape index (κ2) is 11.7. The molecule has 3 rings (SSSR count). The van der Waals surface area contributed by atoms with Crippen LogP contribution in [-0.2, 0) is 16.0 Å². The minimum Gasteiger partial charge on any atom is -0.497 e. The quantitative estimate of drug-likeness (QED) is 0.288. The van der Waals surface area contributed by atoms with E-state index in [4.69, 9.17) is 14.2 Å². The van der Waals surface area contributed by atoms with Gasteiger partial charge in [-0.25, -0.2) is 0 Å². The van der Waals surface area contributed by atoms with Gasteiger partial charge in [-0.2, -0.15) is 5.26 Å². The number of ether oxygens (including phenoxy) is 3. The first kappa shape index (κ1) is 25.3. The Hall–Kier alpha value is -4.31. The van der Waals surface area contributed by atoms with Crippen LogP contribution in [0.3, 0.4) is 0 Å². The van der Waals surface area contributed by atoms with E-state index in [2.05, 4.69) is 6.58 Å². The molecule has 0 spiro atoms. The zero-order valence-electron chi connectivity index (χ0n) is 20.2. The molecule has 0 fully saturated rings. The number of benzene rings is 2. The van der Waals surface area contributed by atoms with Gasteiger partial charge in [0.15, 0.2) is 11.5 Å². The highest BCUT2D eigenvalue weighted by atomic mass is 16.5. The van der Waals surface area contributed by atoms with Crippen molar-refractivity contribution >= 4 is 17.9 Å². The van der Waals surface area contributed by atoms with Crippen molar-refractivity contribution in [2.75, 3.05) is 26.9 Å². The molecule has 1 aliphatic heterocycles. The molecular weight excluding hydrogens is 444 g/mol. The second-order valence-electron chi connectivity index (χ2n) is 7.77. The smallest absolute Gasteiger partial charge is 0.271 e. The predicted octanol–water partition coefficient (Wildman–Crippen LogP) is 4.49. The van der Waals surface area contributed by atoms with Crippen molar-refractivity contribution in [3.05, 3.63) is 83.0 Å². The third-order valence-corrected chi connectivity index (χ3v) is 5.54. The monoisotopic (exact) mass is 472 g/mol. The minimum atomic E-state index is -0.580. The summed E-state index contributed by atoms with van der Waals surface area (Å²) in [7, 11) is 1.59. The number of nitriles is 1. The van der Waals surface area contributed by atoms with Crippen LogP contribution >= 0.6 is 0 Å². The summed E-state index contributed by atoms with van der Waals surface area (Å²) in [5.41, 5.74) is 2.23. The lowest BCUT2D eigenvalue weighted by Crippen LogP contribution is -2.43. The summed E-state index contributed by atoms with van der Waals surface area (Å²) < 4.78 is 16.5. The molecule has 2 aromatic carbocycles. The van der Waals surface area contributed by atoms with Gasteiger partial charge in [0.25, 0.3) is 11.8 Å². The van der Waals surface area contributed by atoms with Gasteiger partial charge in [-0.1, -0.05) is 30.9 Å². The summed E-state index contributed by atoms with van der Waals surface area (Å²) in [5, 5.41) is 9.64. The number of hydrogen-bond acceptors (Lipinski definition) is 6. The first-order valence-corrected chi connectivity index (χ1v) is 11.3. The Morgan fingerprint density at radius 3 is 2.43 bits per heavy atom. The summed E-state index contributed by atoms with van der Waals surface area (Å²) in [4.78, 5) is 27.4. The number of nitrogens with zero attached hydrogens (tertiary/aromatic N) is 2. The maximum atomic E-state index is 13.4. The maximum absolute atomic E-state index is 13.4. The molecular formula is C28H28N2O5. The molecule has 0 aromatic heterocycles. The number of rotatable bonds is 10. The maximum Gasteiger partial charge on any atom is 0.271 e. The van der Waals surface area contributed by atoms with Crippen molar-refractivity contribution in [2.24, 2.45) is 0 Å². The SMILES string of the molecule is C=CCOc1ccc(/C=C2/C(=O)N(CCc3ccc(OC)cc3)C(=O)C(C#N)=C2C)cc1OCC. The van der Waals surface area contributed by atoms with Crippen LogP contribution in [0.5, 0.6) is 17.2 Å². The highest BCUT2D eigenvalue weighted by Crippen LogP contribution is 2.32. The standard InChI is InChI=1S/C28H28N2O5/c1-5-15-35-25-12-9-21(17-26(25)34-6-2)16-23-19(3)24(18-29)28(32)30(27(23)31)14-13-20-7-10-22(33-4)11-8-20/h5,7-12,16-17H,1,6,13-15H2,2-4H3/b23-16+. The van der Waals surface area contributed by atoms with Crippen LogP contribution in [0.4, 0.5) is 0 Å². The molecule has 2 aromatic rings. The number of amides is 2. The molecule has 1 aliphatic rings. The number of carbonyl (C=O) groups is 2. The van der Waals surface area contributed by atoms with Crippen molar-refractivity contribution in [3.8, 4) is 23.3 Å². The van der Waals surface area contributed by atoms with Gasteiger partial charge in [-0.15, -0.1) is 0 Å². The van der Waals surface area contributed by atoms with Gasteiger partial charge in [0.2, 0.25) is 0 Å². The van der Waals surface area contributed by atoms with E-state index in [0.29, 0.717) is 42.3 Å². The predicted molar refractivity (Wildman–Crippen MR) is 133 cm³/mol. The second-order valence-corrected chi connectivity index (χ2v) is 7.77. The number of carbonyl (C=O) groups excluding carboxylic acids is 2. The first-order chi connectivity index (χ1) is 16.9. The first-order valence-electron chi connectivity index (χ1n) is 11.3. The molecule has 0 bridgehead atoms. The van der Waals surface area contributed by atoms with E-state index in [9.17, 15) is 14.9 Å². The van der Waals surface area contributed by atoms with E-state index in [1.807, 2.05) is 37.3 Å². The Labute approximate surface area is 205 Å². The molecule has 0 saturated heterocycles. The van der Waals surface area contributed by atoms with E-state index in [-0.39, 0.29) is 17.7 Å². The summed E-state index contributed by atoms with van der Waals surface area (Å²) in [6.45, 7) is 8.06. The molecule has 0 unspecified atom stereocenters. The van der Waals surface area contributed by atoms with Crippen molar-refractivity contribution < 1.29 is 23.8 Å². The normalized spacial score (nSPS) is 14.7. The van der Waals surface area contributed by atoms with Crippen LogP contribution < -0.4 is 14.2 Å². The largest absolute Gasteiger partial charge is 0.497 e. The third-order valence-electron chi connectivity index (χ3n) is 5.54. The number of imide groups is 1. The van der Waals surface area contributed by atoms with Gasteiger partial charge < -0.3 is 14.2 Å². The molecule has 7 nitrogen and oxygen atoms in total. The van der Waals surface area contributed by atoms with E-state index in [1.54, 1.807) is 44.4 Å². The van der Waals surface area contributed by atoms with Gasteiger partial charge in [0.05, 0.1) is 13.7 Å². The van der Waals surface area contributed by atoms with Crippen LogP contribution in [-0.4, -0.2) is 43.6 Å². The van der Waals surface area contributed by atoms with Crippen molar-refractivity contribution in [2.45, 2.75) is 20.3 Å². The van der Waals surface area contributed by atoms with Crippen molar-refractivity contribution in [1.29, 1.82) is 5.26 Å². The van der Waals surface area contributed by atoms with Crippen molar-refractivity contribution in [3.63, 3.8) is 0 Å². The van der Waals surface area contributed by atoms with Crippen LogP contribution in [0, 0.1) is 11.3 Å². The highest BCUT2D eigenvalue weighted by molar-refractivity contribution is 6.19. The molecule has 1 heterocycles. The lowest BCUT2D eigenvalue weighted by molar-refractivity contribution is -0.140. The molecule has 0 saturated carbocycles. The van der Waals surface area contributed by atoms with E-state index < -0.39 is 11.8 Å². The minimum absolute atomic E-state index is 0.0402. The highest BCUT2D eigenvalue weighted by Gasteiger charge is 2.35. The Balaban J connectivity index is 1.92. The Morgan fingerprint density at radius 2 is 1.80 bits per heavy atom. The van der Waals surface area contributed by atoms with Crippen molar-refractivity contribution in [1.82, 2.24) is 4.90 Å².